The van der Waals surface area contributed by atoms with Gasteiger partial charge in [0.15, 0.2) is 0 Å². The van der Waals surface area contributed by atoms with Gasteiger partial charge in [-0.1, -0.05) is 29.3 Å². The Kier molecular flexibility index (Phi) is 7.59. The van der Waals surface area contributed by atoms with E-state index in [1.165, 1.54) is 0 Å². The summed E-state index contributed by atoms with van der Waals surface area (Å²) < 4.78 is 25.6. The molecule has 0 fully saturated rings. The van der Waals surface area contributed by atoms with Crippen LogP contribution in [0.3, 0.4) is 0 Å². The van der Waals surface area contributed by atoms with Gasteiger partial charge in [-0.25, -0.2) is 8.78 Å². The van der Waals surface area contributed by atoms with Crippen LogP contribution in [0.2, 0.25) is 10.0 Å². The number of rotatable bonds is 5. The Morgan fingerprint density at radius 3 is 2.32 bits per heavy atom. The number of amides is 1. The summed E-state index contributed by atoms with van der Waals surface area (Å²) in [6.07, 6.45) is -0.154. The SMILES string of the molecule is Cl.NCC(F)(F)CNC(=O)Cc1c(Cl)cccc1Cl. The zero-order chi connectivity index (χ0) is 13.8. The third kappa shape index (κ3) is 5.91. The van der Waals surface area contributed by atoms with Crippen molar-refractivity contribution in [3.63, 3.8) is 0 Å². The van der Waals surface area contributed by atoms with Crippen molar-refractivity contribution >= 4 is 41.5 Å². The van der Waals surface area contributed by atoms with E-state index in [4.69, 9.17) is 28.9 Å². The minimum Gasteiger partial charge on any atom is -0.350 e. The molecule has 0 aromatic heterocycles. The molecule has 0 aliphatic carbocycles. The maximum atomic E-state index is 12.8. The van der Waals surface area contributed by atoms with E-state index >= 15 is 0 Å². The van der Waals surface area contributed by atoms with Crippen molar-refractivity contribution in [3.8, 4) is 0 Å². The first-order chi connectivity index (χ1) is 8.35. The smallest absolute Gasteiger partial charge is 0.277 e. The van der Waals surface area contributed by atoms with Gasteiger partial charge in [-0.3, -0.25) is 4.79 Å². The van der Waals surface area contributed by atoms with Gasteiger partial charge in [0, 0.05) is 10.0 Å². The van der Waals surface area contributed by atoms with E-state index in [-0.39, 0.29) is 18.8 Å². The van der Waals surface area contributed by atoms with Gasteiger partial charge in [0.05, 0.1) is 19.5 Å². The molecule has 108 valence electrons. The molecule has 1 aromatic carbocycles. The van der Waals surface area contributed by atoms with Crippen molar-refractivity contribution in [2.24, 2.45) is 5.73 Å². The van der Waals surface area contributed by atoms with Gasteiger partial charge in [0.1, 0.15) is 0 Å². The molecule has 0 saturated heterocycles. The highest BCUT2D eigenvalue weighted by Crippen LogP contribution is 2.24. The van der Waals surface area contributed by atoms with Crippen LogP contribution in [0, 0.1) is 0 Å². The molecular formula is C11H13Cl3F2N2O. The molecule has 0 heterocycles. The van der Waals surface area contributed by atoms with Gasteiger partial charge in [0.2, 0.25) is 5.91 Å². The molecule has 0 radical (unpaired) electrons. The molecule has 8 heteroatoms. The number of hydrogen-bond donors (Lipinski definition) is 2. The number of halogens is 5. The van der Waals surface area contributed by atoms with Gasteiger partial charge in [-0.2, -0.15) is 0 Å². The molecular weight excluding hydrogens is 320 g/mol. The number of hydrogen-bond acceptors (Lipinski definition) is 2. The highest BCUT2D eigenvalue weighted by atomic mass is 35.5. The lowest BCUT2D eigenvalue weighted by Crippen LogP contribution is -2.42. The summed E-state index contributed by atoms with van der Waals surface area (Å²) in [6.45, 7) is -1.62. The Morgan fingerprint density at radius 2 is 1.84 bits per heavy atom. The van der Waals surface area contributed by atoms with E-state index < -0.39 is 24.9 Å². The zero-order valence-electron chi connectivity index (χ0n) is 9.76. The highest BCUT2D eigenvalue weighted by Gasteiger charge is 2.27. The third-order valence-electron chi connectivity index (χ3n) is 2.24. The molecule has 0 aliphatic rings. The maximum absolute atomic E-state index is 12.8. The van der Waals surface area contributed by atoms with Crippen LogP contribution < -0.4 is 11.1 Å². The lowest BCUT2D eigenvalue weighted by Gasteiger charge is -2.15. The van der Waals surface area contributed by atoms with Gasteiger partial charge in [0.25, 0.3) is 5.92 Å². The second kappa shape index (κ2) is 7.85. The van der Waals surface area contributed by atoms with Crippen LogP contribution in [0.4, 0.5) is 8.78 Å². The number of benzene rings is 1. The monoisotopic (exact) mass is 332 g/mol. The Morgan fingerprint density at radius 1 is 1.32 bits per heavy atom. The minimum absolute atomic E-state index is 0. The van der Waals surface area contributed by atoms with Crippen molar-refractivity contribution in [1.29, 1.82) is 0 Å². The van der Waals surface area contributed by atoms with Crippen LogP contribution in [0.5, 0.6) is 0 Å². The summed E-state index contributed by atoms with van der Waals surface area (Å²) in [5.41, 5.74) is 5.26. The first kappa shape index (κ1) is 18.4. The van der Waals surface area contributed by atoms with Gasteiger partial charge >= 0.3 is 0 Å². The van der Waals surface area contributed by atoms with Crippen molar-refractivity contribution in [2.45, 2.75) is 12.3 Å². The van der Waals surface area contributed by atoms with Crippen LogP contribution in [0.1, 0.15) is 5.56 Å². The van der Waals surface area contributed by atoms with Crippen molar-refractivity contribution in [1.82, 2.24) is 5.32 Å². The van der Waals surface area contributed by atoms with Gasteiger partial charge in [-0.15, -0.1) is 12.4 Å². The first-order valence-electron chi connectivity index (χ1n) is 5.13. The molecule has 0 atom stereocenters. The fraction of sp³-hybridized carbons (Fsp3) is 0.364. The Balaban J connectivity index is 0.00000324. The summed E-state index contributed by atoms with van der Waals surface area (Å²) in [5.74, 6) is -3.70. The number of nitrogens with one attached hydrogen (secondary N) is 1. The molecule has 3 nitrogen and oxygen atoms in total. The third-order valence-corrected chi connectivity index (χ3v) is 2.95. The summed E-state index contributed by atoms with van der Waals surface area (Å²) in [6, 6.07) is 4.78. The second-order valence-electron chi connectivity index (χ2n) is 3.71. The lowest BCUT2D eigenvalue weighted by molar-refractivity contribution is -0.122. The highest BCUT2D eigenvalue weighted by molar-refractivity contribution is 6.36. The van der Waals surface area contributed by atoms with Crippen molar-refractivity contribution in [3.05, 3.63) is 33.8 Å². The van der Waals surface area contributed by atoms with E-state index in [9.17, 15) is 13.6 Å². The first-order valence-corrected chi connectivity index (χ1v) is 5.89. The molecule has 0 unspecified atom stereocenters. The molecule has 1 rings (SSSR count). The summed E-state index contributed by atoms with van der Waals surface area (Å²) in [5, 5.41) is 2.74. The second-order valence-corrected chi connectivity index (χ2v) is 4.53. The van der Waals surface area contributed by atoms with Crippen molar-refractivity contribution in [2.75, 3.05) is 13.1 Å². The van der Waals surface area contributed by atoms with Crippen LogP contribution in [-0.2, 0) is 11.2 Å². The minimum atomic E-state index is -3.11. The summed E-state index contributed by atoms with van der Waals surface area (Å²) >= 11 is 11.7. The average Bonchev–Trinajstić information content (AvgIpc) is 2.32. The predicted octanol–water partition coefficient (Wildman–Crippen LogP) is 2.67. The number of alkyl halides is 2. The van der Waals surface area contributed by atoms with Gasteiger partial charge < -0.3 is 11.1 Å². The normalized spacial score (nSPS) is 10.8. The Labute approximate surface area is 125 Å². The zero-order valence-corrected chi connectivity index (χ0v) is 12.1. The molecule has 0 spiro atoms. The van der Waals surface area contributed by atoms with Crippen LogP contribution in [0.25, 0.3) is 0 Å². The fourth-order valence-corrected chi connectivity index (χ4v) is 1.76. The fourth-order valence-electron chi connectivity index (χ4n) is 1.22. The summed E-state index contributed by atoms with van der Waals surface area (Å²) in [4.78, 5) is 11.5. The van der Waals surface area contributed by atoms with Crippen molar-refractivity contribution < 1.29 is 13.6 Å². The summed E-state index contributed by atoms with van der Waals surface area (Å²) in [7, 11) is 0. The van der Waals surface area contributed by atoms with Crippen LogP contribution in [0.15, 0.2) is 18.2 Å². The Bertz CT molecular complexity index is 424. The molecule has 0 bridgehead atoms. The maximum Gasteiger partial charge on any atom is 0.277 e. The standard InChI is InChI=1S/C11H12Cl2F2N2O.ClH/c12-8-2-1-3-9(13)7(8)4-10(18)17-6-11(14,15)5-16;/h1-3H,4-6,16H2,(H,17,18);1H. The molecule has 0 saturated carbocycles. The van der Waals surface area contributed by atoms with E-state index in [0.717, 1.165) is 0 Å². The molecule has 19 heavy (non-hydrogen) atoms. The largest absolute Gasteiger partial charge is 0.350 e. The van der Waals surface area contributed by atoms with Gasteiger partial charge in [-0.05, 0) is 17.7 Å². The van der Waals surface area contributed by atoms with E-state index in [1.54, 1.807) is 18.2 Å². The number of carbonyl (C=O) groups excluding carboxylic acids is 1. The van der Waals surface area contributed by atoms with E-state index in [1.807, 2.05) is 0 Å². The van der Waals surface area contributed by atoms with Crippen LogP contribution in [-0.4, -0.2) is 24.9 Å². The average molecular weight is 334 g/mol. The number of carbonyl (C=O) groups is 1. The Hall–Kier alpha value is -0.620. The molecule has 1 aromatic rings. The lowest BCUT2D eigenvalue weighted by atomic mass is 10.1. The molecule has 1 amide bonds. The topological polar surface area (TPSA) is 55.1 Å². The molecule has 3 N–H and O–H groups in total. The van der Waals surface area contributed by atoms with E-state index in [2.05, 4.69) is 5.32 Å². The van der Waals surface area contributed by atoms with E-state index in [0.29, 0.717) is 15.6 Å². The number of nitrogens with two attached hydrogens (primary N) is 1. The molecule has 0 aliphatic heterocycles. The quantitative estimate of drug-likeness (QED) is 0.870. The predicted molar refractivity (Wildman–Crippen MR) is 74.4 cm³/mol. The van der Waals surface area contributed by atoms with Crippen LogP contribution >= 0.6 is 35.6 Å².